The van der Waals surface area contributed by atoms with Gasteiger partial charge < -0.3 is 5.11 Å². The summed E-state index contributed by atoms with van der Waals surface area (Å²) in [5.41, 5.74) is 1.45. The number of hydrogen-bond acceptors (Lipinski definition) is 1. The fourth-order valence-corrected chi connectivity index (χ4v) is 2.20. The monoisotopic (exact) mass is 168 g/mol. The average Bonchev–Trinajstić information content (AvgIpc) is 2.03. The summed E-state index contributed by atoms with van der Waals surface area (Å²) >= 11 is 0. The second kappa shape index (κ2) is 4.08. The number of allylic oxidation sites excluding steroid dienone is 1. The fourth-order valence-electron chi connectivity index (χ4n) is 2.20. The Bertz CT molecular complexity index is 170. The lowest BCUT2D eigenvalue weighted by atomic mass is 9.75. The minimum atomic E-state index is 0.320. The van der Waals surface area contributed by atoms with Gasteiger partial charge in [-0.2, -0.15) is 0 Å². The molecule has 0 aromatic heterocycles. The molecule has 0 heterocycles. The van der Waals surface area contributed by atoms with E-state index in [1.165, 1.54) is 18.4 Å². The molecule has 1 aliphatic carbocycles. The maximum atomic E-state index is 9.18. The maximum absolute atomic E-state index is 9.18. The predicted molar refractivity (Wildman–Crippen MR) is 51.9 cm³/mol. The van der Waals surface area contributed by atoms with E-state index in [-0.39, 0.29) is 0 Å². The molecule has 0 amide bonds. The van der Waals surface area contributed by atoms with Crippen LogP contribution in [0.3, 0.4) is 0 Å². The van der Waals surface area contributed by atoms with Crippen molar-refractivity contribution in [1.82, 2.24) is 0 Å². The van der Waals surface area contributed by atoms with Crippen LogP contribution in [0.4, 0.5) is 0 Å². The second-order valence-electron chi connectivity index (χ2n) is 4.31. The average molecular weight is 168 g/mol. The van der Waals surface area contributed by atoms with E-state index in [1.807, 2.05) is 0 Å². The Morgan fingerprint density at radius 1 is 1.58 bits per heavy atom. The maximum Gasteiger partial charge on any atom is 0.0496 e. The van der Waals surface area contributed by atoms with Gasteiger partial charge in [-0.1, -0.05) is 25.5 Å². The normalized spacial score (nSPS) is 30.6. The first kappa shape index (κ1) is 9.79. The van der Waals surface area contributed by atoms with Gasteiger partial charge in [0.05, 0.1) is 0 Å². The molecule has 0 radical (unpaired) electrons. The first-order valence-corrected chi connectivity index (χ1v) is 4.93. The van der Waals surface area contributed by atoms with Gasteiger partial charge in [0.15, 0.2) is 0 Å². The van der Waals surface area contributed by atoms with Crippen LogP contribution in [0.25, 0.3) is 0 Å². The Morgan fingerprint density at radius 3 is 2.75 bits per heavy atom. The van der Waals surface area contributed by atoms with E-state index in [0.29, 0.717) is 24.4 Å². The fraction of sp³-hybridized carbons (Fsp3) is 0.818. The Kier molecular flexibility index (Phi) is 3.33. The summed E-state index contributed by atoms with van der Waals surface area (Å²) in [6.45, 7) is 6.99. The third kappa shape index (κ3) is 2.10. The molecule has 2 atom stereocenters. The minimum Gasteiger partial charge on any atom is -0.396 e. The van der Waals surface area contributed by atoms with Crippen molar-refractivity contribution in [3.05, 3.63) is 11.6 Å². The molecule has 0 aromatic rings. The molecule has 2 unspecified atom stereocenters. The zero-order chi connectivity index (χ0) is 9.14. The molecule has 0 fully saturated rings. The summed E-state index contributed by atoms with van der Waals surface area (Å²) in [5.74, 6) is 1.81. The van der Waals surface area contributed by atoms with Crippen molar-refractivity contribution in [2.75, 3.05) is 6.61 Å². The molecule has 1 aliphatic rings. The molecule has 0 saturated heterocycles. The van der Waals surface area contributed by atoms with Gasteiger partial charge in [-0.3, -0.25) is 0 Å². The summed E-state index contributed by atoms with van der Waals surface area (Å²) in [5, 5.41) is 9.18. The number of aliphatic hydroxyl groups is 1. The molecule has 12 heavy (non-hydrogen) atoms. The Hall–Kier alpha value is -0.300. The van der Waals surface area contributed by atoms with Crippen LogP contribution in [0.15, 0.2) is 11.6 Å². The van der Waals surface area contributed by atoms with Crippen LogP contribution >= 0.6 is 0 Å². The van der Waals surface area contributed by atoms with E-state index in [1.54, 1.807) is 0 Å². The van der Waals surface area contributed by atoms with Gasteiger partial charge in [0, 0.05) is 12.5 Å². The van der Waals surface area contributed by atoms with Gasteiger partial charge in [-0.25, -0.2) is 0 Å². The number of aliphatic hydroxyl groups excluding tert-OH is 1. The third-order valence-electron chi connectivity index (χ3n) is 2.99. The van der Waals surface area contributed by atoms with E-state index in [2.05, 4.69) is 26.8 Å². The highest BCUT2D eigenvalue weighted by molar-refractivity contribution is 5.07. The van der Waals surface area contributed by atoms with Crippen LogP contribution in [0.1, 0.15) is 33.6 Å². The van der Waals surface area contributed by atoms with E-state index >= 15 is 0 Å². The summed E-state index contributed by atoms with van der Waals surface area (Å²) in [6, 6.07) is 0. The molecular formula is C11H20O. The molecule has 70 valence electrons. The van der Waals surface area contributed by atoms with Crippen molar-refractivity contribution in [2.45, 2.75) is 33.6 Å². The predicted octanol–water partition coefficient (Wildman–Crippen LogP) is 2.61. The highest BCUT2D eigenvalue weighted by atomic mass is 16.3. The summed E-state index contributed by atoms with van der Waals surface area (Å²) in [6.07, 6.45) is 4.73. The highest BCUT2D eigenvalue weighted by Gasteiger charge is 2.25. The summed E-state index contributed by atoms with van der Waals surface area (Å²) in [7, 11) is 0. The number of hydrogen-bond donors (Lipinski definition) is 1. The zero-order valence-electron chi connectivity index (χ0n) is 8.38. The molecule has 0 aliphatic heterocycles. The largest absolute Gasteiger partial charge is 0.396 e. The highest BCUT2D eigenvalue weighted by Crippen LogP contribution is 2.33. The van der Waals surface area contributed by atoms with Crippen LogP contribution in [0, 0.1) is 17.8 Å². The Balaban J connectivity index is 2.66. The van der Waals surface area contributed by atoms with Crippen molar-refractivity contribution in [1.29, 1.82) is 0 Å². The Labute approximate surface area is 75.5 Å². The second-order valence-corrected chi connectivity index (χ2v) is 4.31. The minimum absolute atomic E-state index is 0.320. The molecule has 1 nitrogen and oxygen atoms in total. The van der Waals surface area contributed by atoms with Crippen molar-refractivity contribution < 1.29 is 5.11 Å². The van der Waals surface area contributed by atoms with Gasteiger partial charge in [0.2, 0.25) is 0 Å². The van der Waals surface area contributed by atoms with Crippen LogP contribution in [0.2, 0.25) is 0 Å². The smallest absolute Gasteiger partial charge is 0.0496 e. The molecule has 0 aromatic carbocycles. The Morgan fingerprint density at radius 2 is 2.25 bits per heavy atom. The molecule has 1 N–H and O–H groups in total. The van der Waals surface area contributed by atoms with E-state index in [9.17, 15) is 5.11 Å². The van der Waals surface area contributed by atoms with Crippen molar-refractivity contribution in [3.63, 3.8) is 0 Å². The topological polar surface area (TPSA) is 20.2 Å². The SMILES string of the molecule is CC1=CC(CO)C(C(C)C)CC1. The molecule has 0 spiro atoms. The van der Waals surface area contributed by atoms with Gasteiger partial charge in [0.25, 0.3) is 0 Å². The van der Waals surface area contributed by atoms with Gasteiger partial charge >= 0.3 is 0 Å². The molecule has 0 saturated carbocycles. The van der Waals surface area contributed by atoms with E-state index < -0.39 is 0 Å². The first-order valence-electron chi connectivity index (χ1n) is 4.93. The van der Waals surface area contributed by atoms with Crippen LogP contribution in [0.5, 0.6) is 0 Å². The zero-order valence-corrected chi connectivity index (χ0v) is 8.38. The molecular weight excluding hydrogens is 148 g/mol. The third-order valence-corrected chi connectivity index (χ3v) is 2.99. The number of rotatable bonds is 2. The molecule has 1 rings (SSSR count). The summed E-state index contributed by atoms with van der Waals surface area (Å²) < 4.78 is 0. The van der Waals surface area contributed by atoms with Gasteiger partial charge in [0.1, 0.15) is 0 Å². The lowest BCUT2D eigenvalue weighted by Gasteiger charge is -2.31. The standard InChI is InChI=1S/C11H20O/c1-8(2)11-5-4-9(3)6-10(11)7-12/h6,8,10-12H,4-5,7H2,1-3H3. The van der Waals surface area contributed by atoms with E-state index in [0.717, 1.165) is 0 Å². The molecule has 0 bridgehead atoms. The van der Waals surface area contributed by atoms with E-state index in [4.69, 9.17) is 0 Å². The van der Waals surface area contributed by atoms with Crippen molar-refractivity contribution in [2.24, 2.45) is 17.8 Å². The molecule has 1 heteroatoms. The summed E-state index contributed by atoms with van der Waals surface area (Å²) in [4.78, 5) is 0. The van der Waals surface area contributed by atoms with Crippen LogP contribution < -0.4 is 0 Å². The van der Waals surface area contributed by atoms with Crippen LogP contribution in [-0.2, 0) is 0 Å². The van der Waals surface area contributed by atoms with Crippen LogP contribution in [-0.4, -0.2) is 11.7 Å². The van der Waals surface area contributed by atoms with Gasteiger partial charge in [-0.15, -0.1) is 0 Å². The lowest BCUT2D eigenvalue weighted by molar-refractivity contribution is 0.164. The van der Waals surface area contributed by atoms with Crippen molar-refractivity contribution in [3.8, 4) is 0 Å². The first-order chi connectivity index (χ1) is 5.65. The lowest BCUT2D eigenvalue weighted by Crippen LogP contribution is -2.24. The van der Waals surface area contributed by atoms with Crippen molar-refractivity contribution >= 4 is 0 Å². The quantitative estimate of drug-likeness (QED) is 0.628. The van der Waals surface area contributed by atoms with Gasteiger partial charge in [-0.05, 0) is 31.6 Å².